The van der Waals surface area contributed by atoms with Gasteiger partial charge in [-0.05, 0) is 159 Å². The zero-order chi connectivity index (χ0) is 30.1. The Morgan fingerprint density at radius 3 is 1.45 bits per heavy atom. The molecule has 4 unspecified atom stereocenters. The minimum atomic E-state index is 0.665. The van der Waals surface area contributed by atoms with Crippen LogP contribution in [-0.4, -0.2) is 14.4 Å². The minimum absolute atomic E-state index is 0.665. The van der Waals surface area contributed by atoms with Crippen molar-refractivity contribution in [2.45, 2.75) is 114 Å². The first-order valence-corrected chi connectivity index (χ1v) is 19.3. The standard InChI is InChI=1S/C44H43N3/c1-2-22-4-6-28-19-29(7-5-23(3-1)8-22)39-41-35(21-46-43-33-17-26-10-27(18-33)14-31(13-26)37(41)43)47-34-20-45-42-32-15-24-9-25(16-32)12-30(11-24)36(42)40(34)38(28)44(39)47/h1-3,8,19-21,24-27,30-33H,4-7,9-18H2. The summed E-state index contributed by atoms with van der Waals surface area (Å²) >= 11 is 0. The summed E-state index contributed by atoms with van der Waals surface area (Å²) < 4.78 is 2.72. The summed E-state index contributed by atoms with van der Waals surface area (Å²) in [7, 11) is 0. The van der Waals surface area contributed by atoms with Gasteiger partial charge in [-0.25, -0.2) is 0 Å². The van der Waals surface area contributed by atoms with E-state index in [9.17, 15) is 0 Å². The minimum Gasteiger partial charge on any atom is -0.305 e. The zero-order valence-corrected chi connectivity index (χ0v) is 27.4. The molecule has 3 heteroatoms. The maximum absolute atomic E-state index is 5.51. The average molecular weight is 614 g/mol. The highest BCUT2D eigenvalue weighted by atomic mass is 14.9. The Morgan fingerprint density at radius 1 is 0.489 bits per heavy atom. The molecule has 0 saturated heterocycles. The van der Waals surface area contributed by atoms with E-state index in [-0.39, 0.29) is 0 Å². The lowest BCUT2D eigenvalue weighted by Crippen LogP contribution is -2.25. The summed E-state index contributed by atoms with van der Waals surface area (Å²) in [6.45, 7) is 0. The second kappa shape index (κ2) is 8.76. The molecule has 4 heterocycles. The van der Waals surface area contributed by atoms with Crippen LogP contribution in [0.3, 0.4) is 0 Å². The Labute approximate surface area is 276 Å². The highest BCUT2D eigenvalue weighted by molar-refractivity contribution is 6.26. The molecular formula is C44H43N3. The highest BCUT2D eigenvalue weighted by Crippen LogP contribution is 2.60. The molecule has 2 aromatic carbocycles. The van der Waals surface area contributed by atoms with E-state index in [1.807, 2.05) is 0 Å². The van der Waals surface area contributed by atoms with Gasteiger partial charge >= 0.3 is 0 Å². The number of hydrogen-bond donors (Lipinski definition) is 0. The van der Waals surface area contributed by atoms with Gasteiger partial charge in [-0.1, -0.05) is 30.3 Å². The van der Waals surface area contributed by atoms with Gasteiger partial charge in [-0.2, -0.15) is 0 Å². The molecule has 4 fully saturated rings. The first kappa shape index (κ1) is 25.5. The molecule has 4 aromatic heterocycles. The first-order valence-electron chi connectivity index (χ1n) is 19.3. The van der Waals surface area contributed by atoms with Crippen molar-refractivity contribution >= 4 is 38.1 Å². The van der Waals surface area contributed by atoms with E-state index in [1.54, 1.807) is 43.8 Å². The quantitative estimate of drug-likeness (QED) is 0.171. The van der Waals surface area contributed by atoms with Crippen molar-refractivity contribution < 1.29 is 0 Å². The van der Waals surface area contributed by atoms with Crippen LogP contribution >= 0.6 is 0 Å². The zero-order valence-electron chi connectivity index (χ0n) is 27.4. The van der Waals surface area contributed by atoms with Crippen LogP contribution in [0.4, 0.5) is 0 Å². The van der Waals surface area contributed by atoms with Crippen LogP contribution in [0.5, 0.6) is 0 Å². The van der Waals surface area contributed by atoms with E-state index in [1.165, 1.54) is 103 Å². The molecule has 0 amide bonds. The number of aromatic nitrogens is 3. The molecule has 6 aromatic rings. The predicted molar refractivity (Wildman–Crippen MR) is 189 cm³/mol. The lowest BCUT2D eigenvalue weighted by atomic mass is 9.67. The van der Waals surface area contributed by atoms with Crippen molar-refractivity contribution in [1.29, 1.82) is 0 Å². The molecule has 15 rings (SSSR count). The Hall–Kier alpha value is -3.46. The summed E-state index contributed by atoms with van der Waals surface area (Å²) in [5.41, 5.74) is 16.8. The average Bonchev–Trinajstić information content (AvgIpc) is 3.47. The van der Waals surface area contributed by atoms with Crippen LogP contribution in [0.15, 0.2) is 42.7 Å². The third-order valence-corrected chi connectivity index (χ3v) is 15.1. The van der Waals surface area contributed by atoms with Gasteiger partial charge in [-0.3, -0.25) is 9.97 Å². The maximum Gasteiger partial charge on any atom is 0.0728 e. The van der Waals surface area contributed by atoms with Crippen LogP contribution in [0.2, 0.25) is 0 Å². The van der Waals surface area contributed by atoms with Crippen LogP contribution in [0, 0.1) is 23.7 Å². The van der Waals surface area contributed by atoms with Crippen molar-refractivity contribution in [2.75, 3.05) is 0 Å². The van der Waals surface area contributed by atoms with E-state index in [4.69, 9.17) is 9.97 Å². The number of nitrogens with zero attached hydrogens (tertiary/aromatic N) is 3. The lowest BCUT2D eigenvalue weighted by molar-refractivity contribution is 0.165. The van der Waals surface area contributed by atoms with E-state index in [0.717, 1.165) is 49.4 Å². The summed E-state index contributed by atoms with van der Waals surface area (Å²) in [6, 6.07) is 12.3. The van der Waals surface area contributed by atoms with Crippen molar-refractivity contribution in [3.05, 3.63) is 87.5 Å². The summed E-state index contributed by atoms with van der Waals surface area (Å²) in [5, 5.41) is 6.38. The third-order valence-electron chi connectivity index (χ3n) is 15.1. The maximum atomic E-state index is 5.51. The molecule has 4 saturated carbocycles. The van der Waals surface area contributed by atoms with Crippen molar-refractivity contribution in [1.82, 2.24) is 14.4 Å². The summed E-state index contributed by atoms with van der Waals surface area (Å²) in [4.78, 5) is 11.0. The SMILES string of the molecule is c1cc2cc(c1)CCc1cc(c3c4c5c(ncc4n4c6cnc7c(c6c1c34)C1CC3CC(CC7C3)C1)C1CC3CC(C1)CC5C3)CC2. The summed E-state index contributed by atoms with van der Waals surface area (Å²) in [5.74, 6) is 6.30. The molecule has 9 aliphatic rings. The molecule has 234 valence electrons. The number of hydrogen-bond acceptors (Lipinski definition) is 2. The van der Waals surface area contributed by atoms with E-state index >= 15 is 0 Å². The molecule has 9 aliphatic carbocycles. The Balaban J connectivity index is 1.19. The number of pyridine rings is 2. The van der Waals surface area contributed by atoms with Gasteiger partial charge in [0.25, 0.3) is 0 Å². The third kappa shape index (κ3) is 3.26. The van der Waals surface area contributed by atoms with E-state index in [2.05, 4.69) is 47.1 Å². The van der Waals surface area contributed by atoms with E-state index < -0.39 is 0 Å². The molecule has 3 nitrogen and oxygen atoms in total. The second-order valence-electron chi connectivity index (χ2n) is 17.7. The molecule has 0 N–H and O–H groups in total. The van der Waals surface area contributed by atoms with Crippen molar-refractivity contribution in [2.24, 2.45) is 23.7 Å². The normalized spacial score (nSPS) is 33.2. The second-order valence-corrected chi connectivity index (χ2v) is 17.7. The van der Waals surface area contributed by atoms with Crippen LogP contribution < -0.4 is 0 Å². The Morgan fingerprint density at radius 2 is 0.957 bits per heavy atom. The first-order chi connectivity index (χ1) is 23.2. The van der Waals surface area contributed by atoms with Gasteiger partial charge in [0.1, 0.15) is 0 Å². The Kier molecular flexibility index (Phi) is 4.76. The fraction of sp³-hybridized carbons (Fsp3) is 0.500. The molecular weight excluding hydrogens is 571 g/mol. The summed E-state index contributed by atoms with van der Waals surface area (Å²) in [6.07, 6.45) is 23.1. The molecule has 0 radical (unpaired) electrons. The number of fused-ring (bicyclic) bond motifs is 12. The van der Waals surface area contributed by atoms with E-state index in [0.29, 0.717) is 23.7 Å². The molecule has 12 bridgehead atoms. The van der Waals surface area contributed by atoms with Gasteiger partial charge in [-0.15, -0.1) is 0 Å². The number of aryl methyl sites for hydroxylation is 4. The van der Waals surface area contributed by atoms with Gasteiger partial charge in [0, 0.05) is 44.8 Å². The van der Waals surface area contributed by atoms with Crippen molar-refractivity contribution in [3.8, 4) is 0 Å². The van der Waals surface area contributed by atoms with Crippen LogP contribution in [-0.2, 0) is 25.7 Å². The van der Waals surface area contributed by atoms with Crippen LogP contribution in [0.25, 0.3) is 38.1 Å². The monoisotopic (exact) mass is 613 g/mol. The Bertz CT molecular complexity index is 2160. The molecule has 0 spiro atoms. The van der Waals surface area contributed by atoms with Crippen molar-refractivity contribution in [3.63, 3.8) is 0 Å². The molecule has 47 heavy (non-hydrogen) atoms. The molecule has 4 atom stereocenters. The largest absolute Gasteiger partial charge is 0.305 e. The van der Waals surface area contributed by atoms with Crippen LogP contribution in [0.1, 0.15) is 133 Å². The number of benzene rings is 2. The van der Waals surface area contributed by atoms with Gasteiger partial charge in [0.2, 0.25) is 0 Å². The van der Waals surface area contributed by atoms with Gasteiger partial charge in [0.15, 0.2) is 0 Å². The lowest BCUT2D eigenvalue weighted by Gasteiger charge is -2.38. The molecule has 0 aliphatic heterocycles. The predicted octanol–water partition coefficient (Wildman–Crippen LogP) is 10.3. The number of rotatable bonds is 0. The fourth-order valence-electron chi connectivity index (χ4n) is 13.9. The van der Waals surface area contributed by atoms with Gasteiger partial charge in [0.05, 0.1) is 28.9 Å². The fourth-order valence-corrected chi connectivity index (χ4v) is 13.9. The van der Waals surface area contributed by atoms with Gasteiger partial charge < -0.3 is 4.40 Å². The highest BCUT2D eigenvalue weighted by Gasteiger charge is 2.46. The topological polar surface area (TPSA) is 30.2 Å². The smallest absolute Gasteiger partial charge is 0.0728 e.